The summed E-state index contributed by atoms with van der Waals surface area (Å²) in [6, 6.07) is 5.36. The second-order valence-corrected chi connectivity index (χ2v) is 9.75. The lowest BCUT2D eigenvalue weighted by atomic mass is 10.2. The van der Waals surface area contributed by atoms with Crippen molar-refractivity contribution < 1.29 is 17.9 Å². The number of thiophene rings is 1. The Hall–Kier alpha value is -1.71. The van der Waals surface area contributed by atoms with Crippen molar-refractivity contribution in [2.24, 2.45) is 0 Å². The highest BCUT2D eigenvalue weighted by Gasteiger charge is 2.32. The number of sulfone groups is 1. The Bertz CT molecular complexity index is 857. The summed E-state index contributed by atoms with van der Waals surface area (Å²) in [5, 5.41) is 9.17. The number of hydrogen-bond donors (Lipinski definition) is 1. The van der Waals surface area contributed by atoms with Crippen LogP contribution < -0.4 is 5.32 Å². The van der Waals surface area contributed by atoms with E-state index in [0.717, 1.165) is 10.6 Å². The van der Waals surface area contributed by atoms with Crippen LogP contribution in [0.2, 0.25) is 0 Å². The SMILES string of the molecule is CC(C)OCCNC(=O)c1cc(-c2cccs2)n(C2CCS(=O)(=O)C2)n1. The van der Waals surface area contributed by atoms with Crippen LogP contribution in [-0.4, -0.2) is 54.9 Å². The third kappa shape index (κ3) is 4.52. The summed E-state index contributed by atoms with van der Waals surface area (Å²) in [5.41, 5.74) is 1.08. The summed E-state index contributed by atoms with van der Waals surface area (Å²) < 4.78 is 30.8. The molecule has 1 aliphatic heterocycles. The second-order valence-electron chi connectivity index (χ2n) is 6.57. The van der Waals surface area contributed by atoms with E-state index in [9.17, 15) is 13.2 Å². The Morgan fingerprint density at radius 1 is 1.50 bits per heavy atom. The van der Waals surface area contributed by atoms with Crippen LogP contribution in [0.1, 0.15) is 36.8 Å². The maximum absolute atomic E-state index is 12.4. The minimum atomic E-state index is -3.04. The van der Waals surface area contributed by atoms with E-state index in [4.69, 9.17) is 4.74 Å². The molecule has 142 valence electrons. The summed E-state index contributed by atoms with van der Waals surface area (Å²) in [6.45, 7) is 4.71. The van der Waals surface area contributed by atoms with E-state index in [-0.39, 0.29) is 29.6 Å². The van der Waals surface area contributed by atoms with Gasteiger partial charge in [-0.3, -0.25) is 9.48 Å². The van der Waals surface area contributed by atoms with E-state index in [0.29, 0.717) is 25.3 Å². The van der Waals surface area contributed by atoms with Gasteiger partial charge in [-0.1, -0.05) is 6.07 Å². The molecule has 1 atom stereocenters. The third-order valence-corrected chi connectivity index (χ3v) is 6.78. The molecule has 0 radical (unpaired) electrons. The molecule has 3 rings (SSSR count). The molecule has 2 aromatic heterocycles. The number of aromatic nitrogens is 2. The highest BCUT2D eigenvalue weighted by Crippen LogP contribution is 2.32. The van der Waals surface area contributed by atoms with E-state index in [1.54, 1.807) is 10.7 Å². The number of rotatable bonds is 7. The molecule has 1 unspecified atom stereocenters. The van der Waals surface area contributed by atoms with E-state index >= 15 is 0 Å². The van der Waals surface area contributed by atoms with Crippen molar-refractivity contribution >= 4 is 27.1 Å². The lowest BCUT2D eigenvalue weighted by Gasteiger charge is -2.12. The van der Waals surface area contributed by atoms with Crippen LogP contribution in [0.25, 0.3) is 10.6 Å². The van der Waals surface area contributed by atoms with Crippen molar-refractivity contribution in [2.75, 3.05) is 24.7 Å². The highest BCUT2D eigenvalue weighted by molar-refractivity contribution is 7.91. The van der Waals surface area contributed by atoms with Crippen molar-refractivity contribution in [1.29, 1.82) is 0 Å². The molecule has 0 saturated carbocycles. The van der Waals surface area contributed by atoms with Gasteiger partial charge >= 0.3 is 0 Å². The molecular weight excluding hydrogens is 374 g/mol. The van der Waals surface area contributed by atoms with Crippen LogP contribution in [0.3, 0.4) is 0 Å². The standard InChI is InChI=1S/C17H23N3O4S2/c1-12(2)24-7-6-18-17(21)14-10-15(16-4-3-8-25-16)20(19-14)13-5-9-26(22,23)11-13/h3-4,8,10,12-13H,5-7,9,11H2,1-2H3,(H,18,21). The van der Waals surface area contributed by atoms with Gasteiger partial charge in [0.2, 0.25) is 0 Å². The molecule has 7 nitrogen and oxygen atoms in total. The fraction of sp³-hybridized carbons (Fsp3) is 0.529. The van der Waals surface area contributed by atoms with Gasteiger partial charge < -0.3 is 10.1 Å². The first-order chi connectivity index (χ1) is 12.4. The molecule has 2 aromatic rings. The monoisotopic (exact) mass is 397 g/mol. The highest BCUT2D eigenvalue weighted by atomic mass is 32.2. The van der Waals surface area contributed by atoms with E-state index in [1.165, 1.54) is 11.3 Å². The Balaban J connectivity index is 1.79. The molecule has 0 bridgehead atoms. The molecule has 0 aliphatic carbocycles. The second kappa shape index (κ2) is 7.89. The number of nitrogens with one attached hydrogen (secondary N) is 1. The topological polar surface area (TPSA) is 90.3 Å². The van der Waals surface area contributed by atoms with Crippen LogP contribution in [-0.2, 0) is 14.6 Å². The van der Waals surface area contributed by atoms with Crippen LogP contribution in [0.4, 0.5) is 0 Å². The molecule has 0 spiro atoms. The van der Waals surface area contributed by atoms with Gasteiger partial charge in [-0.2, -0.15) is 5.10 Å². The number of carbonyl (C=O) groups is 1. The molecule has 1 saturated heterocycles. The maximum atomic E-state index is 12.4. The van der Waals surface area contributed by atoms with Crippen LogP contribution in [0.5, 0.6) is 0 Å². The Labute approximate surface area is 157 Å². The van der Waals surface area contributed by atoms with Gasteiger partial charge in [0.15, 0.2) is 15.5 Å². The van der Waals surface area contributed by atoms with E-state index in [1.807, 2.05) is 31.4 Å². The minimum Gasteiger partial charge on any atom is -0.377 e. The van der Waals surface area contributed by atoms with Gasteiger partial charge in [-0.05, 0) is 37.8 Å². The normalized spacial score (nSPS) is 19.1. The Morgan fingerprint density at radius 3 is 2.92 bits per heavy atom. The van der Waals surface area contributed by atoms with Crippen molar-refractivity contribution in [2.45, 2.75) is 32.4 Å². The molecule has 9 heteroatoms. The first-order valence-corrected chi connectivity index (χ1v) is 11.3. The van der Waals surface area contributed by atoms with Gasteiger partial charge in [0.1, 0.15) is 0 Å². The predicted molar refractivity (Wildman–Crippen MR) is 101 cm³/mol. The molecule has 26 heavy (non-hydrogen) atoms. The summed E-state index contributed by atoms with van der Waals surface area (Å²) >= 11 is 1.54. The quantitative estimate of drug-likeness (QED) is 0.723. The smallest absolute Gasteiger partial charge is 0.271 e. The zero-order valence-corrected chi connectivity index (χ0v) is 16.5. The number of hydrogen-bond acceptors (Lipinski definition) is 6. The molecule has 1 aliphatic rings. The van der Waals surface area contributed by atoms with Gasteiger partial charge in [-0.15, -0.1) is 11.3 Å². The predicted octanol–water partition coefficient (Wildman–Crippen LogP) is 2.13. The fourth-order valence-corrected chi connectivity index (χ4v) is 5.34. The first kappa shape index (κ1) is 19.1. The van der Waals surface area contributed by atoms with Crippen molar-refractivity contribution in [1.82, 2.24) is 15.1 Å². The van der Waals surface area contributed by atoms with Crippen LogP contribution in [0, 0.1) is 0 Å². The zero-order valence-electron chi connectivity index (χ0n) is 14.8. The molecule has 1 N–H and O–H groups in total. The molecule has 0 aromatic carbocycles. The largest absolute Gasteiger partial charge is 0.377 e. The first-order valence-electron chi connectivity index (χ1n) is 8.59. The summed E-state index contributed by atoms with van der Waals surface area (Å²) in [6.07, 6.45) is 0.631. The van der Waals surface area contributed by atoms with Gasteiger partial charge in [-0.25, -0.2) is 8.42 Å². The third-order valence-electron chi connectivity index (χ3n) is 4.14. The van der Waals surface area contributed by atoms with E-state index < -0.39 is 9.84 Å². The number of ether oxygens (including phenoxy) is 1. The van der Waals surface area contributed by atoms with Gasteiger partial charge in [0.05, 0.1) is 40.8 Å². The van der Waals surface area contributed by atoms with Gasteiger partial charge in [0.25, 0.3) is 5.91 Å². The van der Waals surface area contributed by atoms with Crippen molar-refractivity contribution in [3.8, 4) is 10.6 Å². The molecule has 1 amide bonds. The van der Waals surface area contributed by atoms with Crippen LogP contribution in [0.15, 0.2) is 23.6 Å². The van der Waals surface area contributed by atoms with Crippen LogP contribution >= 0.6 is 11.3 Å². The average molecular weight is 398 g/mol. The lowest BCUT2D eigenvalue weighted by molar-refractivity contribution is 0.0744. The Morgan fingerprint density at radius 2 is 2.31 bits per heavy atom. The number of carbonyl (C=O) groups excluding carboxylic acids is 1. The number of amides is 1. The van der Waals surface area contributed by atoms with Crippen molar-refractivity contribution in [3.63, 3.8) is 0 Å². The van der Waals surface area contributed by atoms with Gasteiger partial charge in [0, 0.05) is 6.54 Å². The summed E-state index contributed by atoms with van der Waals surface area (Å²) in [7, 11) is -3.04. The van der Waals surface area contributed by atoms with Crippen molar-refractivity contribution in [3.05, 3.63) is 29.3 Å². The Kier molecular flexibility index (Phi) is 5.79. The molecule has 1 fully saturated rings. The molecule has 3 heterocycles. The fourth-order valence-electron chi connectivity index (χ4n) is 2.91. The average Bonchev–Trinajstić information content (AvgIpc) is 3.29. The lowest BCUT2D eigenvalue weighted by Crippen LogP contribution is -2.28. The summed E-state index contributed by atoms with van der Waals surface area (Å²) in [5.74, 6) is -0.0546. The minimum absolute atomic E-state index is 0.0658. The molecular formula is C17H23N3O4S2. The zero-order chi connectivity index (χ0) is 18.7. The maximum Gasteiger partial charge on any atom is 0.271 e. The number of nitrogens with zero attached hydrogens (tertiary/aromatic N) is 2. The van der Waals surface area contributed by atoms with E-state index in [2.05, 4.69) is 10.4 Å². The summed E-state index contributed by atoms with van der Waals surface area (Å²) in [4.78, 5) is 13.4.